The number of nitrogens with zero attached hydrogens (tertiary/aromatic N) is 1. The van der Waals surface area contributed by atoms with Crippen LogP contribution in [0.3, 0.4) is 0 Å². The highest BCUT2D eigenvalue weighted by atomic mass is 16.5. The Bertz CT molecular complexity index is 617. The minimum absolute atomic E-state index is 0.197. The number of aromatic nitrogens is 2. The summed E-state index contributed by atoms with van der Waals surface area (Å²) in [5.74, 6) is -0.197. The standard InChI is InChI=1S/C15H17N3O2/c1-2-10-3-5-11(6-4-10)16-15(19)14-12-9-20-8-7-13(12)17-18-14/h3-6H,2,7-9H2,1H3,(H,16,19)(H,17,18). The van der Waals surface area contributed by atoms with E-state index in [-0.39, 0.29) is 5.91 Å². The lowest BCUT2D eigenvalue weighted by Gasteiger charge is -2.12. The molecule has 0 aliphatic carbocycles. The molecule has 0 atom stereocenters. The van der Waals surface area contributed by atoms with Crippen LogP contribution in [0.2, 0.25) is 0 Å². The van der Waals surface area contributed by atoms with Gasteiger partial charge in [-0.05, 0) is 24.1 Å². The summed E-state index contributed by atoms with van der Waals surface area (Å²) in [5, 5.41) is 9.90. The van der Waals surface area contributed by atoms with Gasteiger partial charge < -0.3 is 10.1 Å². The minimum atomic E-state index is -0.197. The molecule has 2 aromatic rings. The molecule has 1 aliphatic rings. The van der Waals surface area contributed by atoms with Crippen LogP contribution in [0.1, 0.15) is 34.2 Å². The summed E-state index contributed by atoms with van der Waals surface area (Å²) in [6.45, 7) is 3.22. The topological polar surface area (TPSA) is 67.0 Å². The third-order valence-electron chi connectivity index (χ3n) is 3.53. The number of benzene rings is 1. The summed E-state index contributed by atoms with van der Waals surface area (Å²) >= 11 is 0. The highest BCUT2D eigenvalue weighted by Gasteiger charge is 2.22. The van der Waals surface area contributed by atoms with Crippen molar-refractivity contribution < 1.29 is 9.53 Å². The zero-order valence-electron chi connectivity index (χ0n) is 11.4. The molecule has 2 heterocycles. The summed E-state index contributed by atoms with van der Waals surface area (Å²) in [6, 6.07) is 7.84. The molecule has 5 nitrogen and oxygen atoms in total. The molecule has 5 heteroatoms. The van der Waals surface area contributed by atoms with Gasteiger partial charge >= 0.3 is 0 Å². The largest absolute Gasteiger partial charge is 0.376 e. The molecular formula is C15H17N3O2. The Morgan fingerprint density at radius 1 is 1.40 bits per heavy atom. The van der Waals surface area contributed by atoms with Crippen LogP contribution in [-0.4, -0.2) is 22.7 Å². The van der Waals surface area contributed by atoms with E-state index >= 15 is 0 Å². The summed E-state index contributed by atoms with van der Waals surface area (Å²) in [7, 11) is 0. The predicted octanol–water partition coefficient (Wildman–Crippen LogP) is 2.30. The van der Waals surface area contributed by atoms with Gasteiger partial charge in [0.2, 0.25) is 0 Å². The van der Waals surface area contributed by atoms with Gasteiger partial charge in [0.05, 0.1) is 13.2 Å². The van der Waals surface area contributed by atoms with Gasteiger partial charge in [0.25, 0.3) is 5.91 Å². The van der Waals surface area contributed by atoms with E-state index < -0.39 is 0 Å². The van der Waals surface area contributed by atoms with Crippen molar-refractivity contribution in [1.29, 1.82) is 0 Å². The Balaban J connectivity index is 1.77. The molecule has 1 aromatic heterocycles. The number of amides is 1. The van der Waals surface area contributed by atoms with Crippen molar-refractivity contribution in [2.24, 2.45) is 0 Å². The van der Waals surface area contributed by atoms with Crippen molar-refractivity contribution in [3.8, 4) is 0 Å². The molecule has 1 aromatic carbocycles. The van der Waals surface area contributed by atoms with Gasteiger partial charge in [-0.25, -0.2) is 0 Å². The number of fused-ring (bicyclic) bond motifs is 1. The van der Waals surface area contributed by atoms with E-state index in [4.69, 9.17) is 4.74 Å². The van der Waals surface area contributed by atoms with Gasteiger partial charge in [-0.1, -0.05) is 19.1 Å². The average Bonchev–Trinajstić information content (AvgIpc) is 2.92. The Hall–Kier alpha value is -2.14. The predicted molar refractivity (Wildman–Crippen MR) is 75.7 cm³/mol. The molecule has 1 amide bonds. The van der Waals surface area contributed by atoms with Gasteiger partial charge in [0, 0.05) is 23.4 Å². The Kier molecular flexibility index (Phi) is 3.52. The molecule has 104 valence electrons. The summed E-state index contributed by atoms with van der Waals surface area (Å²) in [6.07, 6.45) is 1.76. The van der Waals surface area contributed by atoms with Gasteiger partial charge in [0.15, 0.2) is 5.69 Å². The van der Waals surface area contributed by atoms with Crippen molar-refractivity contribution >= 4 is 11.6 Å². The van der Waals surface area contributed by atoms with Gasteiger partial charge in [0.1, 0.15) is 0 Å². The van der Waals surface area contributed by atoms with Crippen LogP contribution in [-0.2, 0) is 24.2 Å². The van der Waals surface area contributed by atoms with E-state index in [2.05, 4.69) is 22.4 Å². The lowest BCUT2D eigenvalue weighted by Crippen LogP contribution is -2.17. The first-order valence-corrected chi connectivity index (χ1v) is 6.82. The number of aryl methyl sites for hydroxylation is 1. The highest BCUT2D eigenvalue weighted by Crippen LogP contribution is 2.19. The number of nitrogens with one attached hydrogen (secondary N) is 2. The number of ether oxygens (including phenoxy) is 1. The van der Waals surface area contributed by atoms with Crippen LogP contribution in [0, 0.1) is 0 Å². The van der Waals surface area contributed by atoms with E-state index in [1.54, 1.807) is 0 Å². The van der Waals surface area contributed by atoms with Crippen molar-refractivity contribution in [2.45, 2.75) is 26.4 Å². The maximum absolute atomic E-state index is 12.3. The first-order chi connectivity index (χ1) is 9.78. The molecule has 0 radical (unpaired) electrons. The Morgan fingerprint density at radius 2 is 2.20 bits per heavy atom. The normalized spacial score (nSPS) is 13.8. The lowest BCUT2D eigenvalue weighted by atomic mass is 10.1. The maximum Gasteiger partial charge on any atom is 0.276 e. The Morgan fingerprint density at radius 3 is 2.95 bits per heavy atom. The van der Waals surface area contributed by atoms with Crippen LogP contribution >= 0.6 is 0 Å². The van der Waals surface area contributed by atoms with E-state index in [9.17, 15) is 4.79 Å². The van der Waals surface area contributed by atoms with E-state index in [0.717, 1.165) is 29.8 Å². The molecule has 0 saturated carbocycles. The first kappa shape index (κ1) is 12.9. The third-order valence-corrected chi connectivity index (χ3v) is 3.53. The quantitative estimate of drug-likeness (QED) is 0.900. The number of hydrogen-bond donors (Lipinski definition) is 2. The number of H-pyrrole nitrogens is 1. The molecule has 0 saturated heterocycles. The second-order valence-electron chi connectivity index (χ2n) is 4.84. The van der Waals surface area contributed by atoms with Gasteiger partial charge in [-0.15, -0.1) is 0 Å². The Labute approximate surface area is 117 Å². The van der Waals surface area contributed by atoms with E-state index in [0.29, 0.717) is 18.9 Å². The van der Waals surface area contributed by atoms with Crippen LogP contribution in [0.25, 0.3) is 0 Å². The zero-order chi connectivity index (χ0) is 13.9. The fourth-order valence-electron chi connectivity index (χ4n) is 2.31. The molecular weight excluding hydrogens is 254 g/mol. The van der Waals surface area contributed by atoms with Crippen LogP contribution in [0.15, 0.2) is 24.3 Å². The summed E-state index contributed by atoms with van der Waals surface area (Å²) in [4.78, 5) is 12.3. The van der Waals surface area contributed by atoms with Crippen molar-refractivity contribution in [1.82, 2.24) is 10.2 Å². The van der Waals surface area contributed by atoms with Crippen molar-refractivity contribution in [3.05, 3.63) is 46.8 Å². The second kappa shape index (κ2) is 5.46. The number of rotatable bonds is 3. The van der Waals surface area contributed by atoms with Crippen LogP contribution in [0.4, 0.5) is 5.69 Å². The molecule has 3 rings (SSSR count). The molecule has 0 spiro atoms. The molecule has 0 bridgehead atoms. The summed E-state index contributed by atoms with van der Waals surface area (Å²) < 4.78 is 5.39. The van der Waals surface area contributed by atoms with E-state index in [1.807, 2.05) is 24.3 Å². The van der Waals surface area contributed by atoms with Crippen molar-refractivity contribution in [2.75, 3.05) is 11.9 Å². The maximum atomic E-state index is 12.3. The number of anilines is 1. The van der Waals surface area contributed by atoms with E-state index in [1.165, 1.54) is 5.56 Å². The van der Waals surface area contributed by atoms with Crippen molar-refractivity contribution in [3.63, 3.8) is 0 Å². The number of carbonyl (C=O) groups is 1. The smallest absolute Gasteiger partial charge is 0.276 e. The van der Waals surface area contributed by atoms with Crippen LogP contribution < -0.4 is 5.32 Å². The number of hydrogen-bond acceptors (Lipinski definition) is 3. The third kappa shape index (κ3) is 2.44. The molecule has 2 N–H and O–H groups in total. The number of carbonyl (C=O) groups excluding carboxylic acids is 1. The lowest BCUT2D eigenvalue weighted by molar-refractivity contribution is 0.0985. The second-order valence-corrected chi connectivity index (χ2v) is 4.84. The molecule has 20 heavy (non-hydrogen) atoms. The zero-order valence-corrected chi connectivity index (χ0v) is 11.4. The van der Waals surface area contributed by atoms with Gasteiger partial charge in [-0.3, -0.25) is 9.89 Å². The SMILES string of the molecule is CCc1ccc(NC(=O)c2n[nH]c3c2COCC3)cc1. The van der Waals surface area contributed by atoms with Crippen LogP contribution in [0.5, 0.6) is 0 Å². The minimum Gasteiger partial charge on any atom is -0.376 e. The first-order valence-electron chi connectivity index (χ1n) is 6.82. The highest BCUT2D eigenvalue weighted by molar-refractivity contribution is 6.04. The monoisotopic (exact) mass is 271 g/mol. The average molecular weight is 271 g/mol. The number of aromatic amines is 1. The fraction of sp³-hybridized carbons (Fsp3) is 0.333. The van der Waals surface area contributed by atoms with Gasteiger partial charge in [-0.2, -0.15) is 5.10 Å². The molecule has 1 aliphatic heterocycles. The molecule has 0 unspecified atom stereocenters. The molecule has 0 fully saturated rings. The summed E-state index contributed by atoms with van der Waals surface area (Å²) in [5.41, 5.74) is 4.33. The fourth-order valence-corrected chi connectivity index (χ4v) is 2.31.